The number of nitrogens with zero attached hydrogens (tertiary/aromatic N) is 1. The number of hydrogen-bond donors (Lipinski definition) is 0. The molecule has 0 aliphatic carbocycles. The number of esters is 1. The van der Waals surface area contributed by atoms with Crippen molar-refractivity contribution in [2.24, 2.45) is 0 Å². The lowest BCUT2D eigenvalue weighted by Crippen LogP contribution is -2.16. The van der Waals surface area contributed by atoms with E-state index >= 15 is 0 Å². The van der Waals surface area contributed by atoms with E-state index in [1.165, 1.54) is 6.08 Å². The van der Waals surface area contributed by atoms with Gasteiger partial charge in [0.05, 0.1) is 18.1 Å². The summed E-state index contributed by atoms with van der Waals surface area (Å²) in [6, 6.07) is 11.5. The first-order valence-electron chi connectivity index (χ1n) is 5.45. The van der Waals surface area contributed by atoms with Crippen LogP contribution >= 0.6 is 0 Å². The predicted octanol–water partition coefficient (Wildman–Crippen LogP) is 2.59. The Balaban J connectivity index is 2.92. The molecular weight excluding hydrogens is 214 g/mol. The second kappa shape index (κ2) is 5.86. The molecule has 1 atom stereocenters. The number of benzene rings is 1. The molecule has 0 spiro atoms. The molecule has 0 bridgehead atoms. The van der Waals surface area contributed by atoms with Crippen LogP contribution in [-0.2, 0) is 14.9 Å². The fraction of sp³-hybridized carbons (Fsp3) is 0.286. The lowest BCUT2D eigenvalue weighted by atomic mass is 9.84. The highest BCUT2D eigenvalue weighted by molar-refractivity contribution is 5.82. The second-order valence-corrected chi connectivity index (χ2v) is 3.77. The van der Waals surface area contributed by atoms with E-state index in [0.29, 0.717) is 6.61 Å². The number of carbonyl (C=O) groups excluding carboxylic acids is 1. The summed E-state index contributed by atoms with van der Waals surface area (Å²) in [7, 11) is 0. The van der Waals surface area contributed by atoms with Gasteiger partial charge in [0, 0.05) is 6.08 Å². The summed E-state index contributed by atoms with van der Waals surface area (Å²) in [5.41, 5.74) is 0.0386. The molecule has 0 amide bonds. The molecule has 0 fully saturated rings. The summed E-state index contributed by atoms with van der Waals surface area (Å²) < 4.78 is 4.78. The summed E-state index contributed by atoms with van der Waals surface area (Å²) >= 11 is 0. The number of nitriles is 1. The van der Waals surface area contributed by atoms with Crippen LogP contribution in [0, 0.1) is 11.3 Å². The molecule has 17 heavy (non-hydrogen) atoms. The molecule has 0 saturated carbocycles. The molecule has 3 heteroatoms. The zero-order chi connectivity index (χ0) is 12.7. The molecule has 0 aliphatic rings. The van der Waals surface area contributed by atoms with Crippen molar-refractivity contribution in [3.63, 3.8) is 0 Å². The monoisotopic (exact) mass is 229 g/mol. The predicted molar refractivity (Wildman–Crippen MR) is 65.2 cm³/mol. The number of allylic oxidation sites excluding steroid dienone is 1. The van der Waals surface area contributed by atoms with Gasteiger partial charge < -0.3 is 4.74 Å². The Morgan fingerprint density at radius 1 is 1.47 bits per heavy atom. The molecule has 88 valence electrons. The van der Waals surface area contributed by atoms with Crippen molar-refractivity contribution in [1.29, 1.82) is 5.26 Å². The fourth-order valence-corrected chi connectivity index (χ4v) is 1.41. The van der Waals surface area contributed by atoms with E-state index in [4.69, 9.17) is 4.74 Å². The number of ether oxygens (including phenoxy) is 1. The van der Waals surface area contributed by atoms with Crippen LogP contribution in [0.1, 0.15) is 19.4 Å². The summed E-state index contributed by atoms with van der Waals surface area (Å²) in [5, 5.41) is 9.23. The smallest absolute Gasteiger partial charge is 0.330 e. The summed E-state index contributed by atoms with van der Waals surface area (Å²) in [5.74, 6) is -0.426. The minimum atomic E-state index is -0.811. The van der Waals surface area contributed by atoms with Crippen LogP contribution < -0.4 is 0 Å². The Hall–Kier alpha value is -2.08. The Labute approximate surface area is 101 Å². The van der Waals surface area contributed by atoms with Gasteiger partial charge in [-0.05, 0) is 19.4 Å². The van der Waals surface area contributed by atoms with E-state index in [1.54, 1.807) is 19.9 Å². The first-order valence-corrected chi connectivity index (χ1v) is 5.45. The Kier molecular flexibility index (Phi) is 4.47. The first-order chi connectivity index (χ1) is 8.12. The highest BCUT2D eigenvalue weighted by Gasteiger charge is 2.22. The van der Waals surface area contributed by atoms with Gasteiger partial charge in [-0.3, -0.25) is 0 Å². The molecule has 0 aromatic heterocycles. The van der Waals surface area contributed by atoms with Crippen LogP contribution in [0.3, 0.4) is 0 Å². The summed E-state index contributed by atoms with van der Waals surface area (Å²) in [6.45, 7) is 3.84. The maximum absolute atomic E-state index is 11.2. The maximum Gasteiger partial charge on any atom is 0.330 e. The molecule has 1 rings (SSSR count). The molecular formula is C14H15NO2. The molecule has 0 aliphatic heterocycles. The van der Waals surface area contributed by atoms with Crippen LogP contribution in [0.15, 0.2) is 42.5 Å². The third-order valence-corrected chi connectivity index (χ3v) is 2.45. The van der Waals surface area contributed by atoms with Crippen molar-refractivity contribution >= 4 is 5.97 Å². The molecule has 0 heterocycles. The van der Waals surface area contributed by atoms with Crippen LogP contribution in [0.25, 0.3) is 0 Å². The van der Waals surface area contributed by atoms with E-state index < -0.39 is 11.4 Å². The van der Waals surface area contributed by atoms with Gasteiger partial charge in [0.1, 0.15) is 0 Å². The van der Waals surface area contributed by atoms with E-state index in [9.17, 15) is 10.1 Å². The van der Waals surface area contributed by atoms with Crippen LogP contribution in [0.4, 0.5) is 0 Å². The van der Waals surface area contributed by atoms with Crippen molar-refractivity contribution in [2.45, 2.75) is 19.3 Å². The number of rotatable bonds is 4. The van der Waals surface area contributed by atoms with E-state index in [2.05, 4.69) is 6.07 Å². The zero-order valence-electron chi connectivity index (χ0n) is 10.0. The average molecular weight is 229 g/mol. The van der Waals surface area contributed by atoms with E-state index in [0.717, 1.165) is 5.56 Å². The van der Waals surface area contributed by atoms with Crippen molar-refractivity contribution in [3.05, 3.63) is 48.0 Å². The number of hydrogen-bond acceptors (Lipinski definition) is 3. The molecule has 0 saturated heterocycles. The lowest BCUT2D eigenvalue weighted by molar-refractivity contribution is -0.137. The second-order valence-electron chi connectivity index (χ2n) is 3.77. The van der Waals surface area contributed by atoms with Crippen molar-refractivity contribution in [3.8, 4) is 6.07 Å². The van der Waals surface area contributed by atoms with Gasteiger partial charge in [0.2, 0.25) is 0 Å². The maximum atomic E-state index is 11.2. The van der Waals surface area contributed by atoms with Crippen LogP contribution in [-0.4, -0.2) is 12.6 Å². The quantitative estimate of drug-likeness (QED) is 0.589. The fourth-order valence-electron chi connectivity index (χ4n) is 1.41. The van der Waals surface area contributed by atoms with Crippen molar-refractivity contribution in [2.75, 3.05) is 6.61 Å². The van der Waals surface area contributed by atoms with Gasteiger partial charge >= 0.3 is 5.97 Å². The topological polar surface area (TPSA) is 50.1 Å². The molecule has 1 unspecified atom stereocenters. The summed E-state index contributed by atoms with van der Waals surface area (Å²) in [4.78, 5) is 11.2. The molecule has 0 radical (unpaired) electrons. The largest absolute Gasteiger partial charge is 0.463 e. The molecule has 3 nitrogen and oxygen atoms in total. The standard InChI is InChI=1S/C14H15NO2/c1-3-17-13(16)9-10-14(2,11-15)12-7-5-4-6-8-12/h4-10H,3H2,1-2H3. The Bertz CT molecular complexity index is 445. The normalized spacial score (nSPS) is 13.9. The van der Waals surface area contributed by atoms with Crippen LogP contribution in [0.5, 0.6) is 0 Å². The van der Waals surface area contributed by atoms with Gasteiger partial charge in [0.15, 0.2) is 0 Å². The Morgan fingerprint density at radius 2 is 2.12 bits per heavy atom. The van der Waals surface area contributed by atoms with Gasteiger partial charge in [-0.15, -0.1) is 0 Å². The minimum absolute atomic E-state index is 0.331. The highest BCUT2D eigenvalue weighted by atomic mass is 16.5. The third-order valence-electron chi connectivity index (χ3n) is 2.45. The van der Waals surface area contributed by atoms with Crippen molar-refractivity contribution < 1.29 is 9.53 Å². The zero-order valence-corrected chi connectivity index (χ0v) is 10.0. The van der Waals surface area contributed by atoms with Gasteiger partial charge in [0.25, 0.3) is 0 Å². The van der Waals surface area contributed by atoms with Crippen LogP contribution in [0.2, 0.25) is 0 Å². The third kappa shape index (κ3) is 3.46. The number of carbonyl (C=O) groups is 1. The van der Waals surface area contributed by atoms with Gasteiger partial charge in [-0.2, -0.15) is 5.26 Å². The molecule has 0 N–H and O–H groups in total. The first kappa shape index (κ1) is 13.0. The SMILES string of the molecule is CCOC(=O)C=CC(C)(C#N)c1ccccc1. The molecule has 1 aromatic carbocycles. The van der Waals surface area contributed by atoms with E-state index in [1.807, 2.05) is 30.3 Å². The lowest BCUT2D eigenvalue weighted by Gasteiger charge is -2.17. The van der Waals surface area contributed by atoms with Crippen molar-refractivity contribution in [1.82, 2.24) is 0 Å². The molecule has 1 aromatic rings. The van der Waals surface area contributed by atoms with E-state index in [-0.39, 0.29) is 0 Å². The van der Waals surface area contributed by atoms with Gasteiger partial charge in [-0.25, -0.2) is 4.79 Å². The minimum Gasteiger partial charge on any atom is -0.463 e. The highest BCUT2D eigenvalue weighted by Crippen LogP contribution is 2.24. The Morgan fingerprint density at radius 3 is 2.65 bits per heavy atom. The van der Waals surface area contributed by atoms with Gasteiger partial charge in [-0.1, -0.05) is 36.4 Å². The summed E-state index contributed by atoms with van der Waals surface area (Å²) in [6.07, 6.45) is 2.88. The average Bonchev–Trinajstić information content (AvgIpc) is 2.37.